The lowest BCUT2D eigenvalue weighted by atomic mass is 10.2. The van der Waals surface area contributed by atoms with Gasteiger partial charge < -0.3 is 4.42 Å². The zero-order chi connectivity index (χ0) is 11.5. The first-order valence-electron chi connectivity index (χ1n) is 4.53. The maximum atomic E-state index is 11.8. The molecule has 1 aromatic heterocycles. The van der Waals surface area contributed by atoms with Gasteiger partial charge in [0.15, 0.2) is 0 Å². The van der Waals surface area contributed by atoms with E-state index in [-0.39, 0.29) is 11.9 Å². The standard InChI is InChI=1S/C10H8BrN3O2/c1-6-13-14-10(16-6)12-9(15)7-4-2-3-5-8(7)11/h2-5H,1H3,(H,12,14,15). The lowest BCUT2D eigenvalue weighted by Crippen LogP contribution is -2.12. The van der Waals surface area contributed by atoms with Crippen LogP contribution in [0, 0.1) is 6.92 Å². The molecule has 0 radical (unpaired) electrons. The van der Waals surface area contributed by atoms with Crippen LogP contribution < -0.4 is 5.32 Å². The number of nitrogens with one attached hydrogen (secondary N) is 1. The second-order valence-electron chi connectivity index (χ2n) is 3.06. The van der Waals surface area contributed by atoms with Gasteiger partial charge in [-0.05, 0) is 28.1 Å². The fourth-order valence-corrected chi connectivity index (χ4v) is 1.62. The van der Waals surface area contributed by atoms with Crippen LogP contribution in [0.3, 0.4) is 0 Å². The summed E-state index contributed by atoms with van der Waals surface area (Å²) in [6.45, 7) is 1.65. The monoisotopic (exact) mass is 281 g/mol. The number of benzene rings is 1. The molecule has 1 N–H and O–H groups in total. The van der Waals surface area contributed by atoms with Crippen LogP contribution in [0.5, 0.6) is 0 Å². The molecule has 0 aliphatic carbocycles. The van der Waals surface area contributed by atoms with Gasteiger partial charge in [0.05, 0.1) is 5.56 Å². The van der Waals surface area contributed by atoms with Crippen molar-refractivity contribution in [2.75, 3.05) is 5.32 Å². The van der Waals surface area contributed by atoms with E-state index in [1.54, 1.807) is 25.1 Å². The van der Waals surface area contributed by atoms with Crippen LogP contribution in [0.2, 0.25) is 0 Å². The molecule has 2 rings (SSSR count). The van der Waals surface area contributed by atoms with Crippen molar-refractivity contribution in [2.45, 2.75) is 6.92 Å². The minimum atomic E-state index is -0.295. The molecule has 0 bridgehead atoms. The number of aryl methyl sites for hydroxylation is 1. The maximum absolute atomic E-state index is 11.8. The molecular formula is C10H8BrN3O2. The molecule has 2 aromatic rings. The maximum Gasteiger partial charge on any atom is 0.322 e. The molecule has 82 valence electrons. The second-order valence-corrected chi connectivity index (χ2v) is 3.91. The Morgan fingerprint density at radius 2 is 2.12 bits per heavy atom. The first-order valence-corrected chi connectivity index (χ1v) is 5.32. The smallest absolute Gasteiger partial charge is 0.322 e. The largest absolute Gasteiger partial charge is 0.408 e. The highest BCUT2D eigenvalue weighted by molar-refractivity contribution is 9.10. The number of carbonyl (C=O) groups excluding carboxylic acids is 1. The van der Waals surface area contributed by atoms with Crippen molar-refractivity contribution in [3.05, 3.63) is 40.2 Å². The molecule has 5 nitrogen and oxygen atoms in total. The highest BCUT2D eigenvalue weighted by Gasteiger charge is 2.12. The Hall–Kier alpha value is -1.69. The zero-order valence-electron chi connectivity index (χ0n) is 8.40. The molecule has 1 heterocycles. The number of hydrogen-bond donors (Lipinski definition) is 1. The minimum absolute atomic E-state index is 0.0956. The molecule has 0 atom stereocenters. The predicted molar refractivity (Wildman–Crippen MR) is 61.1 cm³/mol. The molecule has 6 heteroatoms. The van der Waals surface area contributed by atoms with Crippen LogP contribution in [0.4, 0.5) is 6.01 Å². The second kappa shape index (κ2) is 4.44. The summed E-state index contributed by atoms with van der Waals surface area (Å²) in [6, 6.07) is 7.19. The van der Waals surface area contributed by atoms with Gasteiger partial charge in [-0.25, -0.2) is 0 Å². The average Bonchev–Trinajstić information content (AvgIpc) is 2.64. The normalized spacial score (nSPS) is 10.1. The zero-order valence-corrected chi connectivity index (χ0v) is 9.98. The number of hydrogen-bond acceptors (Lipinski definition) is 4. The lowest BCUT2D eigenvalue weighted by molar-refractivity contribution is 0.102. The van der Waals surface area contributed by atoms with Crippen molar-refractivity contribution in [1.29, 1.82) is 0 Å². The average molecular weight is 282 g/mol. The van der Waals surface area contributed by atoms with Crippen molar-refractivity contribution in [3.8, 4) is 0 Å². The van der Waals surface area contributed by atoms with Gasteiger partial charge in [0.2, 0.25) is 5.89 Å². The fraction of sp³-hybridized carbons (Fsp3) is 0.100. The summed E-state index contributed by atoms with van der Waals surface area (Å²) >= 11 is 3.29. The Morgan fingerprint density at radius 3 is 2.75 bits per heavy atom. The highest BCUT2D eigenvalue weighted by atomic mass is 79.9. The summed E-state index contributed by atoms with van der Waals surface area (Å²) in [7, 11) is 0. The Morgan fingerprint density at radius 1 is 1.38 bits per heavy atom. The Labute approximate surface area is 100.0 Å². The number of anilines is 1. The van der Waals surface area contributed by atoms with Gasteiger partial charge in [-0.1, -0.05) is 17.2 Å². The highest BCUT2D eigenvalue weighted by Crippen LogP contribution is 2.17. The van der Waals surface area contributed by atoms with Crippen molar-refractivity contribution in [3.63, 3.8) is 0 Å². The van der Waals surface area contributed by atoms with Crippen LogP contribution in [0.15, 0.2) is 33.2 Å². The lowest BCUT2D eigenvalue weighted by Gasteiger charge is -2.02. The van der Waals surface area contributed by atoms with Crippen molar-refractivity contribution in [2.24, 2.45) is 0 Å². The van der Waals surface area contributed by atoms with E-state index in [1.165, 1.54) is 0 Å². The van der Waals surface area contributed by atoms with Gasteiger partial charge in [0.25, 0.3) is 5.91 Å². The molecule has 0 fully saturated rings. The van der Waals surface area contributed by atoms with Crippen LogP contribution in [-0.4, -0.2) is 16.1 Å². The molecule has 0 saturated carbocycles. The number of aromatic nitrogens is 2. The van der Waals surface area contributed by atoms with E-state index < -0.39 is 0 Å². The fourth-order valence-electron chi connectivity index (χ4n) is 1.16. The van der Waals surface area contributed by atoms with Gasteiger partial charge in [-0.2, -0.15) is 0 Å². The number of rotatable bonds is 2. The van der Waals surface area contributed by atoms with E-state index in [0.717, 1.165) is 0 Å². The SMILES string of the molecule is Cc1nnc(NC(=O)c2ccccc2Br)o1. The summed E-state index contributed by atoms with van der Waals surface area (Å²) in [5.41, 5.74) is 0.512. The Kier molecular flexibility index (Phi) is 3.00. The topological polar surface area (TPSA) is 68.0 Å². The van der Waals surface area contributed by atoms with Crippen LogP contribution >= 0.6 is 15.9 Å². The summed E-state index contributed by atoms with van der Waals surface area (Å²) in [5.74, 6) is 0.110. The van der Waals surface area contributed by atoms with Gasteiger partial charge in [-0.15, -0.1) is 5.10 Å². The number of carbonyl (C=O) groups is 1. The summed E-state index contributed by atoms with van der Waals surface area (Å²) in [6.07, 6.45) is 0. The van der Waals surface area contributed by atoms with E-state index in [4.69, 9.17) is 4.42 Å². The van der Waals surface area contributed by atoms with Gasteiger partial charge in [-0.3, -0.25) is 10.1 Å². The summed E-state index contributed by atoms with van der Waals surface area (Å²) in [4.78, 5) is 11.8. The van der Waals surface area contributed by atoms with Gasteiger partial charge in [0, 0.05) is 11.4 Å². The number of nitrogens with zero attached hydrogens (tertiary/aromatic N) is 2. The van der Waals surface area contributed by atoms with Crippen molar-refractivity contribution in [1.82, 2.24) is 10.2 Å². The molecule has 0 aliphatic rings. The Bertz CT molecular complexity index is 524. The third-order valence-electron chi connectivity index (χ3n) is 1.86. The third kappa shape index (κ3) is 2.27. The van der Waals surface area contributed by atoms with Crippen molar-refractivity contribution < 1.29 is 9.21 Å². The van der Waals surface area contributed by atoms with Crippen LogP contribution in [0.25, 0.3) is 0 Å². The molecule has 0 unspecified atom stereocenters. The third-order valence-corrected chi connectivity index (χ3v) is 2.56. The van der Waals surface area contributed by atoms with E-state index in [9.17, 15) is 4.79 Å². The molecule has 0 aliphatic heterocycles. The van der Waals surface area contributed by atoms with E-state index >= 15 is 0 Å². The van der Waals surface area contributed by atoms with Gasteiger partial charge in [0.1, 0.15) is 0 Å². The Balaban J connectivity index is 2.18. The number of amides is 1. The molecule has 1 amide bonds. The first-order chi connectivity index (χ1) is 7.66. The van der Waals surface area contributed by atoms with E-state index in [2.05, 4.69) is 31.4 Å². The molecular weight excluding hydrogens is 274 g/mol. The van der Waals surface area contributed by atoms with Gasteiger partial charge >= 0.3 is 6.01 Å². The van der Waals surface area contributed by atoms with Crippen LogP contribution in [-0.2, 0) is 0 Å². The predicted octanol–water partition coefficient (Wildman–Crippen LogP) is 2.39. The summed E-state index contributed by atoms with van der Waals surface area (Å²) < 4.78 is 5.76. The number of halogens is 1. The molecule has 0 saturated heterocycles. The molecule has 16 heavy (non-hydrogen) atoms. The van der Waals surface area contributed by atoms with Crippen molar-refractivity contribution >= 4 is 27.9 Å². The van der Waals surface area contributed by atoms with E-state index in [1.807, 2.05) is 6.07 Å². The van der Waals surface area contributed by atoms with Crippen LogP contribution in [0.1, 0.15) is 16.2 Å². The molecule has 0 spiro atoms. The quantitative estimate of drug-likeness (QED) is 0.918. The molecule has 1 aromatic carbocycles. The van der Waals surface area contributed by atoms with E-state index in [0.29, 0.717) is 15.9 Å². The minimum Gasteiger partial charge on any atom is -0.408 e. The summed E-state index contributed by atoms with van der Waals surface area (Å²) in [5, 5.41) is 9.80. The first kappa shape index (κ1) is 10.8.